The van der Waals surface area contributed by atoms with Crippen molar-refractivity contribution >= 4 is 54.3 Å². The van der Waals surface area contributed by atoms with E-state index < -0.39 is 0 Å². The van der Waals surface area contributed by atoms with E-state index in [1.807, 2.05) is 29.5 Å². The summed E-state index contributed by atoms with van der Waals surface area (Å²) in [5.41, 5.74) is 8.23. The molecule has 0 fully saturated rings. The first-order chi connectivity index (χ1) is 19.3. The van der Waals surface area contributed by atoms with Crippen LogP contribution in [0, 0.1) is 0 Å². The molecule has 39 heavy (non-hydrogen) atoms. The number of allylic oxidation sites excluding steroid dienone is 3. The predicted molar refractivity (Wildman–Crippen MR) is 170 cm³/mol. The number of hydrogen-bond acceptors (Lipinski definition) is 3. The van der Waals surface area contributed by atoms with Crippen molar-refractivity contribution in [3.63, 3.8) is 0 Å². The summed E-state index contributed by atoms with van der Waals surface area (Å²) >= 11 is 1.86. The van der Waals surface area contributed by atoms with E-state index in [0.29, 0.717) is 0 Å². The van der Waals surface area contributed by atoms with Gasteiger partial charge in [-0.05, 0) is 96.8 Å². The molecule has 188 valence electrons. The van der Waals surface area contributed by atoms with E-state index in [0.717, 1.165) is 24.2 Å². The maximum Gasteiger partial charge on any atom is 0.0468 e. The molecule has 0 unspecified atom stereocenters. The molecule has 0 bridgehead atoms. The molecule has 2 nitrogen and oxygen atoms in total. The summed E-state index contributed by atoms with van der Waals surface area (Å²) in [6.07, 6.45) is 9.04. The molecule has 5 aromatic carbocycles. The van der Waals surface area contributed by atoms with Crippen LogP contribution in [0.3, 0.4) is 0 Å². The summed E-state index contributed by atoms with van der Waals surface area (Å²) < 4.78 is 2.63. The Hall–Kier alpha value is -4.60. The second-order valence-corrected chi connectivity index (χ2v) is 10.9. The topological polar surface area (TPSA) is 15.3 Å². The number of para-hydroxylation sites is 2. The van der Waals surface area contributed by atoms with Crippen LogP contribution in [0.2, 0.25) is 0 Å². The van der Waals surface area contributed by atoms with Crippen molar-refractivity contribution < 1.29 is 0 Å². The Morgan fingerprint density at radius 3 is 1.97 bits per heavy atom. The number of benzene rings is 5. The second kappa shape index (κ2) is 10.3. The van der Waals surface area contributed by atoms with E-state index in [1.54, 1.807) is 0 Å². The highest BCUT2D eigenvalue weighted by Crippen LogP contribution is 2.40. The summed E-state index contributed by atoms with van der Waals surface area (Å²) in [4.78, 5) is 2.38. The first kappa shape index (κ1) is 23.5. The third-order valence-electron chi connectivity index (χ3n) is 7.24. The van der Waals surface area contributed by atoms with E-state index in [1.165, 1.54) is 48.4 Å². The quantitative estimate of drug-likeness (QED) is 0.235. The van der Waals surface area contributed by atoms with Crippen LogP contribution in [0.5, 0.6) is 0 Å². The molecule has 1 aliphatic rings. The van der Waals surface area contributed by atoms with E-state index >= 15 is 0 Å². The third kappa shape index (κ3) is 4.73. The molecule has 0 saturated carbocycles. The van der Waals surface area contributed by atoms with E-state index in [2.05, 4.69) is 132 Å². The average molecular weight is 521 g/mol. The largest absolute Gasteiger partial charge is 0.356 e. The molecule has 0 spiro atoms. The SMILES string of the molecule is C1=CC(N(c2ccccc2)c2ccc3sc4ccc(-c5ccc(Nc6ccccc6)cc5)cc4c3c2)=CCC1. The molecular formula is C36H28N2S. The van der Waals surface area contributed by atoms with Gasteiger partial charge in [0.1, 0.15) is 0 Å². The number of fused-ring (bicyclic) bond motifs is 3. The zero-order valence-electron chi connectivity index (χ0n) is 21.5. The van der Waals surface area contributed by atoms with Gasteiger partial charge in [-0.15, -0.1) is 11.3 Å². The lowest BCUT2D eigenvalue weighted by Crippen LogP contribution is -2.15. The van der Waals surface area contributed by atoms with Gasteiger partial charge in [0.25, 0.3) is 0 Å². The lowest BCUT2D eigenvalue weighted by molar-refractivity contribution is 0.997. The van der Waals surface area contributed by atoms with E-state index in [-0.39, 0.29) is 0 Å². The normalized spacial score (nSPS) is 13.0. The zero-order valence-corrected chi connectivity index (χ0v) is 22.4. The van der Waals surface area contributed by atoms with Crippen LogP contribution in [0.15, 0.2) is 145 Å². The zero-order chi connectivity index (χ0) is 26.0. The highest BCUT2D eigenvalue weighted by atomic mass is 32.1. The van der Waals surface area contributed by atoms with E-state index in [4.69, 9.17) is 0 Å². The Labute approximate surface area is 233 Å². The standard InChI is InChI=1S/C36H28N2S/c1-4-10-28(11-5-1)37-29-19-16-26(17-20-29)27-18-22-35-33(24-27)34-25-32(21-23-36(34)39-35)38(30-12-6-2-7-13-30)31-14-8-3-9-15-31/h1-2,4-8,10-25,37H,3,9H2. The highest BCUT2D eigenvalue weighted by Gasteiger charge is 2.16. The van der Waals surface area contributed by atoms with Gasteiger partial charge in [0, 0.05) is 48.6 Å². The molecule has 0 saturated heterocycles. The molecule has 1 heterocycles. The van der Waals surface area contributed by atoms with Gasteiger partial charge in [0.15, 0.2) is 0 Å². The smallest absolute Gasteiger partial charge is 0.0468 e. The summed E-state index contributed by atoms with van der Waals surface area (Å²) in [6, 6.07) is 43.4. The maximum atomic E-state index is 3.48. The Morgan fingerprint density at radius 2 is 1.23 bits per heavy atom. The molecular weight excluding hydrogens is 492 g/mol. The van der Waals surface area contributed by atoms with Crippen molar-refractivity contribution in [2.75, 3.05) is 10.2 Å². The van der Waals surface area contributed by atoms with Crippen LogP contribution >= 0.6 is 11.3 Å². The highest BCUT2D eigenvalue weighted by molar-refractivity contribution is 7.25. The van der Waals surface area contributed by atoms with Crippen molar-refractivity contribution in [1.82, 2.24) is 0 Å². The fraction of sp³-hybridized carbons (Fsp3) is 0.0556. The van der Waals surface area contributed by atoms with Crippen LogP contribution in [-0.2, 0) is 0 Å². The molecule has 0 amide bonds. The molecule has 3 heteroatoms. The Morgan fingerprint density at radius 1 is 0.564 bits per heavy atom. The van der Waals surface area contributed by atoms with Crippen LogP contribution in [-0.4, -0.2) is 0 Å². The van der Waals surface area contributed by atoms with Crippen molar-refractivity contribution in [2.24, 2.45) is 0 Å². The average Bonchev–Trinajstić information content (AvgIpc) is 3.37. The number of rotatable bonds is 6. The minimum atomic E-state index is 1.07. The van der Waals surface area contributed by atoms with Crippen LogP contribution < -0.4 is 10.2 Å². The number of hydrogen-bond donors (Lipinski definition) is 1. The summed E-state index contributed by atoms with van der Waals surface area (Å²) in [5, 5.41) is 6.09. The Balaban J connectivity index is 1.27. The van der Waals surface area contributed by atoms with Gasteiger partial charge in [-0.25, -0.2) is 0 Å². The molecule has 1 aromatic heterocycles. The lowest BCUT2D eigenvalue weighted by atomic mass is 10.0. The molecule has 0 radical (unpaired) electrons. The van der Waals surface area contributed by atoms with Crippen molar-refractivity contribution in [1.29, 1.82) is 0 Å². The van der Waals surface area contributed by atoms with Crippen LogP contribution in [0.4, 0.5) is 22.7 Å². The van der Waals surface area contributed by atoms with Crippen molar-refractivity contribution in [2.45, 2.75) is 12.8 Å². The van der Waals surface area contributed by atoms with Gasteiger partial charge in [0.05, 0.1) is 0 Å². The first-order valence-corrected chi connectivity index (χ1v) is 14.2. The van der Waals surface area contributed by atoms with Gasteiger partial charge in [-0.3, -0.25) is 0 Å². The molecule has 6 aromatic rings. The van der Waals surface area contributed by atoms with Crippen molar-refractivity contribution in [3.8, 4) is 11.1 Å². The fourth-order valence-electron chi connectivity index (χ4n) is 5.31. The number of nitrogens with one attached hydrogen (secondary N) is 1. The minimum absolute atomic E-state index is 1.07. The van der Waals surface area contributed by atoms with Gasteiger partial charge in [-0.1, -0.05) is 66.7 Å². The van der Waals surface area contributed by atoms with Crippen LogP contribution in [0.25, 0.3) is 31.3 Å². The Kier molecular flexibility index (Phi) is 6.20. The fourth-order valence-corrected chi connectivity index (χ4v) is 6.37. The summed E-state index contributed by atoms with van der Waals surface area (Å²) in [5.74, 6) is 0. The monoisotopic (exact) mass is 520 g/mol. The van der Waals surface area contributed by atoms with Gasteiger partial charge < -0.3 is 10.2 Å². The lowest BCUT2D eigenvalue weighted by Gasteiger charge is -2.27. The van der Waals surface area contributed by atoms with Crippen molar-refractivity contribution in [3.05, 3.63) is 145 Å². The van der Waals surface area contributed by atoms with Crippen LogP contribution in [0.1, 0.15) is 12.8 Å². The molecule has 0 aliphatic heterocycles. The number of nitrogens with zero attached hydrogens (tertiary/aromatic N) is 1. The summed E-state index contributed by atoms with van der Waals surface area (Å²) in [6.45, 7) is 0. The Bertz CT molecular complexity index is 1810. The maximum absolute atomic E-state index is 3.48. The first-order valence-electron chi connectivity index (χ1n) is 13.4. The number of anilines is 4. The summed E-state index contributed by atoms with van der Waals surface area (Å²) in [7, 11) is 0. The molecule has 1 N–H and O–H groups in total. The van der Waals surface area contributed by atoms with Gasteiger partial charge in [-0.2, -0.15) is 0 Å². The molecule has 0 atom stereocenters. The minimum Gasteiger partial charge on any atom is -0.356 e. The molecule has 7 rings (SSSR count). The predicted octanol–water partition coefficient (Wildman–Crippen LogP) is 10.8. The van der Waals surface area contributed by atoms with Gasteiger partial charge >= 0.3 is 0 Å². The van der Waals surface area contributed by atoms with Gasteiger partial charge in [0.2, 0.25) is 0 Å². The molecule has 1 aliphatic carbocycles. The van der Waals surface area contributed by atoms with E-state index in [9.17, 15) is 0 Å². The second-order valence-electron chi connectivity index (χ2n) is 9.84. The third-order valence-corrected chi connectivity index (χ3v) is 8.39. The number of thiophene rings is 1.